The quantitative estimate of drug-likeness (QED) is 0.827. The number of nitrogens with two attached hydrogens (primary N) is 1. The van der Waals surface area contributed by atoms with Crippen molar-refractivity contribution in [1.29, 1.82) is 0 Å². The largest absolute Gasteiger partial charge is 0.435 e. The molecule has 4 nitrogen and oxygen atoms in total. The molecule has 6 heteroatoms. The van der Waals surface area contributed by atoms with Crippen LogP contribution in [0.25, 0.3) is 0 Å². The van der Waals surface area contributed by atoms with Gasteiger partial charge < -0.3 is 15.4 Å². The van der Waals surface area contributed by atoms with E-state index in [9.17, 15) is 13.6 Å². The van der Waals surface area contributed by atoms with Gasteiger partial charge in [-0.25, -0.2) is 0 Å². The average Bonchev–Trinajstić information content (AvgIpc) is 2.37. The topological polar surface area (TPSA) is 55.6 Å². The van der Waals surface area contributed by atoms with Crippen molar-refractivity contribution in [3.05, 3.63) is 29.8 Å². The summed E-state index contributed by atoms with van der Waals surface area (Å²) in [7, 11) is 0. The minimum Gasteiger partial charge on any atom is -0.435 e. The van der Waals surface area contributed by atoms with Crippen LogP contribution in [0.4, 0.5) is 8.78 Å². The van der Waals surface area contributed by atoms with E-state index in [-0.39, 0.29) is 11.7 Å². The van der Waals surface area contributed by atoms with Gasteiger partial charge in [0.05, 0.1) is 0 Å². The maximum atomic E-state index is 12.2. The third-order valence-electron chi connectivity index (χ3n) is 2.49. The summed E-state index contributed by atoms with van der Waals surface area (Å²) in [6.07, 6.45) is 0.805. The molecule has 0 aliphatic heterocycles. The third kappa shape index (κ3) is 4.82. The molecule has 0 fully saturated rings. The molecule has 0 atom stereocenters. The lowest BCUT2D eigenvalue weighted by atomic mass is 10.2. The Balaban J connectivity index is 2.84. The predicted molar refractivity (Wildman–Crippen MR) is 68.3 cm³/mol. The lowest BCUT2D eigenvalue weighted by Gasteiger charge is -2.21. The Hall–Kier alpha value is -1.69. The van der Waals surface area contributed by atoms with Crippen molar-refractivity contribution in [2.75, 3.05) is 19.6 Å². The highest BCUT2D eigenvalue weighted by Gasteiger charge is 2.15. The Labute approximate surface area is 111 Å². The van der Waals surface area contributed by atoms with Crippen LogP contribution in [-0.4, -0.2) is 37.1 Å². The maximum absolute atomic E-state index is 12.2. The van der Waals surface area contributed by atoms with E-state index in [0.29, 0.717) is 25.2 Å². The monoisotopic (exact) mass is 272 g/mol. The molecule has 19 heavy (non-hydrogen) atoms. The Kier molecular flexibility index (Phi) is 6.21. The molecule has 0 radical (unpaired) electrons. The maximum Gasteiger partial charge on any atom is 0.387 e. The number of hydrogen-bond acceptors (Lipinski definition) is 3. The summed E-state index contributed by atoms with van der Waals surface area (Å²) >= 11 is 0. The number of ether oxygens (including phenoxy) is 1. The lowest BCUT2D eigenvalue weighted by Crippen LogP contribution is -2.35. The minimum atomic E-state index is -2.90. The lowest BCUT2D eigenvalue weighted by molar-refractivity contribution is -0.0499. The van der Waals surface area contributed by atoms with E-state index < -0.39 is 6.61 Å². The zero-order valence-corrected chi connectivity index (χ0v) is 10.8. The average molecular weight is 272 g/mol. The first kappa shape index (κ1) is 15.4. The summed E-state index contributed by atoms with van der Waals surface area (Å²) in [4.78, 5) is 13.8. The number of carbonyl (C=O) groups excluding carboxylic acids is 1. The van der Waals surface area contributed by atoms with Crippen LogP contribution in [-0.2, 0) is 0 Å². The number of alkyl halides is 2. The fourth-order valence-electron chi connectivity index (χ4n) is 1.73. The molecule has 0 bridgehead atoms. The van der Waals surface area contributed by atoms with E-state index in [1.165, 1.54) is 18.2 Å². The van der Waals surface area contributed by atoms with Crippen molar-refractivity contribution in [2.24, 2.45) is 5.73 Å². The summed E-state index contributed by atoms with van der Waals surface area (Å²) in [6, 6.07) is 5.78. The van der Waals surface area contributed by atoms with Gasteiger partial charge in [-0.2, -0.15) is 8.78 Å². The van der Waals surface area contributed by atoms with E-state index in [1.54, 1.807) is 11.0 Å². The zero-order valence-electron chi connectivity index (χ0n) is 10.8. The van der Waals surface area contributed by atoms with Gasteiger partial charge >= 0.3 is 6.61 Å². The van der Waals surface area contributed by atoms with Gasteiger partial charge in [0.2, 0.25) is 0 Å². The molecule has 0 spiro atoms. The summed E-state index contributed by atoms with van der Waals surface area (Å²) < 4.78 is 28.5. The number of benzene rings is 1. The van der Waals surface area contributed by atoms with Crippen molar-refractivity contribution in [2.45, 2.75) is 20.0 Å². The fourth-order valence-corrected chi connectivity index (χ4v) is 1.73. The molecule has 106 valence electrons. The van der Waals surface area contributed by atoms with Crippen LogP contribution in [0.5, 0.6) is 5.75 Å². The van der Waals surface area contributed by atoms with Crippen LogP contribution < -0.4 is 10.5 Å². The molecule has 0 unspecified atom stereocenters. The first-order valence-electron chi connectivity index (χ1n) is 6.12. The first-order valence-corrected chi connectivity index (χ1v) is 6.12. The second kappa shape index (κ2) is 7.68. The number of nitrogens with zero attached hydrogens (tertiary/aromatic N) is 1. The van der Waals surface area contributed by atoms with Gasteiger partial charge in [0.25, 0.3) is 5.91 Å². The smallest absolute Gasteiger partial charge is 0.387 e. The summed E-state index contributed by atoms with van der Waals surface area (Å²) in [5.74, 6) is -0.253. The van der Waals surface area contributed by atoms with Crippen molar-refractivity contribution < 1.29 is 18.3 Å². The van der Waals surface area contributed by atoms with Crippen molar-refractivity contribution in [3.63, 3.8) is 0 Å². The standard InChI is InChI=1S/C13H18F2N2O2/c1-2-7-17(8-6-16)12(18)10-4-3-5-11(9-10)19-13(14)15/h3-5,9,13H,2,6-8,16H2,1H3. The Morgan fingerprint density at radius 3 is 2.74 bits per heavy atom. The fraction of sp³-hybridized carbons (Fsp3) is 0.462. The molecule has 0 saturated carbocycles. The molecular formula is C13H18F2N2O2. The van der Waals surface area contributed by atoms with E-state index in [4.69, 9.17) is 5.73 Å². The van der Waals surface area contributed by atoms with E-state index >= 15 is 0 Å². The minimum absolute atomic E-state index is 0.0231. The van der Waals surface area contributed by atoms with Gasteiger partial charge in [0, 0.05) is 25.2 Å². The SMILES string of the molecule is CCCN(CCN)C(=O)c1cccc(OC(F)F)c1. The van der Waals surface area contributed by atoms with E-state index in [1.807, 2.05) is 6.92 Å². The van der Waals surface area contributed by atoms with Gasteiger partial charge in [-0.15, -0.1) is 0 Å². The molecule has 0 aliphatic rings. The normalized spacial score (nSPS) is 10.6. The zero-order chi connectivity index (χ0) is 14.3. The number of amides is 1. The number of rotatable bonds is 7. The summed E-state index contributed by atoms with van der Waals surface area (Å²) in [5.41, 5.74) is 5.77. The Morgan fingerprint density at radius 2 is 2.16 bits per heavy atom. The predicted octanol–water partition coefficient (Wildman–Crippen LogP) is 2.10. The number of carbonyl (C=O) groups is 1. The van der Waals surface area contributed by atoms with Crippen molar-refractivity contribution in [1.82, 2.24) is 4.90 Å². The van der Waals surface area contributed by atoms with Crippen LogP contribution >= 0.6 is 0 Å². The number of halogens is 2. The van der Waals surface area contributed by atoms with Crippen LogP contribution in [0, 0.1) is 0 Å². The second-order valence-corrected chi connectivity index (χ2v) is 3.99. The molecule has 0 saturated heterocycles. The van der Waals surface area contributed by atoms with Crippen LogP contribution in [0.2, 0.25) is 0 Å². The molecule has 1 amide bonds. The Bertz CT molecular complexity index is 407. The third-order valence-corrected chi connectivity index (χ3v) is 2.49. The molecule has 2 N–H and O–H groups in total. The highest BCUT2D eigenvalue weighted by Crippen LogP contribution is 2.17. The Morgan fingerprint density at radius 1 is 1.42 bits per heavy atom. The number of hydrogen-bond donors (Lipinski definition) is 1. The second-order valence-electron chi connectivity index (χ2n) is 3.99. The molecule has 0 aromatic heterocycles. The van der Waals surface area contributed by atoms with Gasteiger partial charge in [-0.05, 0) is 24.6 Å². The van der Waals surface area contributed by atoms with Crippen LogP contribution in [0.3, 0.4) is 0 Å². The van der Waals surface area contributed by atoms with Gasteiger partial charge in [-0.1, -0.05) is 13.0 Å². The van der Waals surface area contributed by atoms with Gasteiger partial charge in [-0.3, -0.25) is 4.79 Å². The summed E-state index contributed by atoms with van der Waals surface area (Å²) in [6.45, 7) is 0.426. The highest BCUT2D eigenvalue weighted by atomic mass is 19.3. The molecule has 1 rings (SSSR count). The molecular weight excluding hydrogens is 254 g/mol. The van der Waals surface area contributed by atoms with Crippen molar-refractivity contribution in [3.8, 4) is 5.75 Å². The first-order chi connectivity index (χ1) is 9.08. The molecule has 0 aliphatic carbocycles. The van der Waals surface area contributed by atoms with E-state index in [0.717, 1.165) is 6.42 Å². The molecule has 1 aromatic carbocycles. The van der Waals surface area contributed by atoms with Crippen LogP contribution in [0.1, 0.15) is 23.7 Å². The van der Waals surface area contributed by atoms with Gasteiger partial charge in [0.1, 0.15) is 5.75 Å². The van der Waals surface area contributed by atoms with Crippen molar-refractivity contribution >= 4 is 5.91 Å². The van der Waals surface area contributed by atoms with Crippen LogP contribution in [0.15, 0.2) is 24.3 Å². The molecule has 0 heterocycles. The summed E-state index contributed by atoms with van der Waals surface area (Å²) in [5, 5.41) is 0. The van der Waals surface area contributed by atoms with Gasteiger partial charge in [0.15, 0.2) is 0 Å². The molecule has 1 aromatic rings. The van der Waals surface area contributed by atoms with E-state index in [2.05, 4.69) is 4.74 Å². The highest BCUT2D eigenvalue weighted by molar-refractivity contribution is 5.94.